The van der Waals surface area contributed by atoms with Crippen molar-refractivity contribution in [3.8, 4) is 11.5 Å². The molecular formula is C17H18O4. The van der Waals surface area contributed by atoms with E-state index in [0.29, 0.717) is 23.7 Å². The smallest absolute Gasteiger partial charge is 0.336 e. The van der Waals surface area contributed by atoms with Crippen LogP contribution >= 0.6 is 0 Å². The molecule has 0 heterocycles. The van der Waals surface area contributed by atoms with Crippen LogP contribution in [0.15, 0.2) is 48.1 Å². The molecule has 0 bridgehead atoms. The first kappa shape index (κ1) is 14.9. The normalized spacial score (nSPS) is 13.5. The number of carboxylic acids is 1. The van der Waals surface area contributed by atoms with E-state index < -0.39 is 5.97 Å². The van der Waals surface area contributed by atoms with Gasteiger partial charge in [0.15, 0.2) is 11.5 Å². The Morgan fingerprint density at radius 3 is 2.76 bits per heavy atom. The van der Waals surface area contributed by atoms with Gasteiger partial charge in [-0.05, 0) is 36.6 Å². The maximum Gasteiger partial charge on any atom is 0.336 e. The Morgan fingerprint density at radius 1 is 1.24 bits per heavy atom. The topological polar surface area (TPSA) is 55.8 Å². The van der Waals surface area contributed by atoms with Crippen molar-refractivity contribution < 1.29 is 19.4 Å². The Kier molecular flexibility index (Phi) is 4.82. The van der Waals surface area contributed by atoms with Gasteiger partial charge >= 0.3 is 5.97 Å². The van der Waals surface area contributed by atoms with E-state index in [1.54, 1.807) is 20.1 Å². The van der Waals surface area contributed by atoms with Gasteiger partial charge in [0.2, 0.25) is 0 Å². The molecule has 1 aromatic rings. The van der Waals surface area contributed by atoms with Crippen molar-refractivity contribution in [3.63, 3.8) is 0 Å². The average Bonchev–Trinajstić information content (AvgIpc) is 2.73. The third-order valence-electron chi connectivity index (χ3n) is 3.22. The van der Waals surface area contributed by atoms with E-state index in [1.807, 2.05) is 30.4 Å². The summed E-state index contributed by atoms with van der Waals surface area (Å²) in [6, 6.07) is 3.19. The van der Waals surface area contributed by atoms with Crippen LogP contribution in [0.25, 0.3) is 0 Å². The van der Waals surface area contributed by atoms with Crippen molar-refractivity contribution in [2.75, 3.05) is 13.7 Å². The predicted molar refractivity (Wildman–Crippen MR) is 81.2 cm³/mol. The van der Waals surface area contributed by atoms with Gasteiger partial charge in [0, 0.05) is 0 Å². The van der Waals surface area contributed by atoms with Gasteiger partial charge in [-0.2, -0.15) is 0 Å². The number of hydrogen-bond donors (Lipinski definition) is 1. The van der Waals surface area contributed by atoms with Crippen molar-refractivity contribution in [3.05, 3.63) is 59.2 Å². The Hall–Kier alpha value is -2.49. The molecule has 1 aromatic carbocycles. The van der Waals surface area contributed by atoms with Gasteiger partial charge in [0.1, 0.15) is 6.61 Å². The lowest BCUT2D eigenvalue weighted by molar-refractivity contribution is 0.0695. The maximum atomic E-state index is 11.2. The number of benzene rings is 1. The van der Waals surface area contributed by atoms with E-state index in [2.05, 4.69) is 0 Å². The maximum absolute atomic E-state index is 11.2. The molecule has 4 heteroatoms. The van der Waals surface area contributed by atoms with Gasteiger partial charge in [-0.25, -0.2) is 4.79 Å². The average molecular weight is 286 g/mol. The van der Waals surface area contributed by atoms with E-state index in [1.165, 1.54) is 6.07 Å². The Bertz CT molecular complexity index is 624. The second-order valence-electron chi connectivity index (χ2n) is 4.75. The van der Waals surface area contributed by atoms with Crippen LogP contribution < -0.4 is 9.47 Å². The van der Waals surface area contributed by atoms with Gasteiger partial charge in [-0.1, -0.05) is 30.4 Å². The summed E-state index contributed by atoms with van der Waals surface area (Å²) in [7, 11) is 1.54. The molecule has 0 amide bonds. The molecule has 4 nitrogen and oxygen atoms in total. The van der Waals surface area contributed by atoms with E-state index in [-0.39, 0.29) is 5.56 Å². The van der Waals surface area contributed by atoms with Crippen LogP contribution in [0.4, 0.5) is 0 Å². The third kappa shape index (κ3) is 3.75. The molecular weight excluding hydrogens is 268 g/mol. The van der Waals surface area contributed by atoms with E-state index in [9.17, 15) is 9.90 Å². The lowest BCUT2D eigenvalue weighted by Crippen LogP contribution is -2.06. The summed E-state index contributed by atoms with van der Waals surface area (Å²) in [5, 5.41) is 9.18. The van der Waals surface area contributed by atoms with Crippen LogP contribution in [-0.2, 0) is 0 Å². The van der Waals surface area contributed by atoms with Crippen LogP contribution in [0.5, 0.6) is 11.5 Å². The van der Waals surface area contributed by atoms with Crippen LogP contribution in [0.2, 0.25) is 0 Å². The minimum atomic E-state index is -0.973. The summed E-state index contributed by atoms with van der Waals surface area (Å²) in [4.78, 5) is 11.2. The summed E-state index contributed by atoms with van der Waals surface area (Å²) >= 11 is 0. The lowest BCUT2D eigenvalue weighted by Gasteiger charge is -2.14. The molecule has 2 rings (SSSR count). The highest BCUT2D eigenvalue weighted by Crippen LogP contribution is 2.31. The number of methoxy groups -OCH3 is 1. The fourth-order valence-corrected chi connectivity index (χ4v) is 2.06. The van der Waals surface area contributed by atoms with E-state index >= 15 is 0 Å². The van der Waals surface area contributed by atoms with Crippen molar-refractivity contribution in [1.29, 1.82) is 0 Å². The van der Waals surface area contributed by atoms with Gasteiger partial charge in [0.25, 0.3) is 0 Å². The Morgan fingerprint density at radius 2 is 2.05 bits per heavy atom. The second kappa shape index (κ2) is 6.79. The standard InChI is InChI=1S/C17H18O4/c1-12-9-15(20-2)16(10-14(12)17(18)19)21-11-13-7-5-3-4-6-8-13/h3-7,9-10H,8,11H2,1-2H3,(H,18,19). The Labute approximate surface area is 124 Å². The van der Waals surface area contributed by atoms with Gasteiger partial charge in [-0.3, -0.25) is 0 Å². The molecule has 1 aliphatic rings. The summed E-state index contributed by atoms with van der Waals surface area (Å²) in [5.74, 6) is 0.0102. The van der Waals surface area contributed by atoms with Crippen LogP contribution in [-0.4, -0.2) is 24.8 Å². The molecule has 0 atom stereocenters. The fraction of sp³-hybridized carbons (Fsp3) is 0.235. The molecule has 0 unspecified atom stereocenters. The zero-order chi connectivity index (χ0) is 15.2. The van der Waals surface area contributed by atoms with Gasteiger partial charge < -0.3 is 14.6 Å². The number of hydrogen-bond acceptors (Lipinski definition) is 3. The highest BCUT2D eigenvalue weighted by molar-refractivity contribution is 5.90. The minimum Gasteiger partial charge on any atom is -0.493 e. The molecule has 0 fully saturated rings. The van der Waals surface area contributed by atoms with Crippen LogP contribution in [0.1, 0.15) is 22.3 Å². The summed E-state index contributed by atoms with van der Waals surface area (Å²) in [6.07, 6.45) is 10.8. The summed E-state index contributed by atoms with van der Waals surface area (Å²) in [6.45, 7) is 2.13. The summed E-state index contributed by atoms with van der Waals surface area (Å²) < 4.78 is 11.0. The van der Waals surface area contributed by atoms with Gasteiger partial charge in [-0.15, -0.1) is 0 Å². The van der Waals surface area contributed by atoms with Crippen molar-refractivity contribution in [2.45, 2.75) is 13.3 Å². The molecule has 0 aromatic heterocycles. The number of ether oxygens (including phenoxy) is 2. The van der Waals surface area contributed by atoms with Crippen molar-refractivity contribution in [2.24, 2.45) is 0 Å². The van der Waals surface area contributed by atoms with E-state index in [0.717, 1.165) is 12.0 Å². The number of aromatic carboxylic acids is 1. The quantitative estimate of drug-likeness (QED) is 0.899. The number of allylic oxidation sites excluding steroid dienone is 5. The largest absolute Gasteiger partial charge is 0.493 e. The molecule has 21 heavy (non-hydrogen) atoms. The molecule has 0 spiro atoms. The monoisotopic (exact) mass is 286 g/mol. The predicted octanol–water partition coefficient (Wildman–Crippen LogP) is 3.52. The molecule has 1 N–H and O–H groups in total. The molecule has 0 radical (unpaired) electrons. The first-order valence-electron chi connectivity index (χ1n) is 6.67. The molecule has 1 aliphatic carbocycles. The minimum absolute atomic E-state index is 0.223. The highest BCUT2D eigenvalue weighted by Gasteiger charge is 2.14. The number of aryl methyl sites for hydroxylation is 1. The highest BCUT2D eigenvalue weighted by atomic mass is 16.5. The van der Waals surface area contributed by atoms with Crippen LogP contribution in [0, 0.1) is 6.92 Å². The first-order chi connectivity index (χ1) is 10.1. The molecule has 0 aliphatic heterocycles. The SMILES string of the molecule is COc1cc(C)c(C(=O)O)cc1OCC1=CC=CC=CC1. The zero-order valence-electron chi connectivity index (χ0n) is 12.1. The van der Waals surface area contributed by atoms with Crippen molar-refractivity contribution >= 4 is 5.97 Å². The fourth-order valence-electron chi connectivity index (χ4n) is 2.06. The molecule has 0 saturated carbocycles. The molecule has 110 valence electrons. The van der Waals surface area contributed by atoms with Crippen molar-refractivity contribution in [1.82, 2.24) is 0 Å². The number of carbonyl (C=O) groups is 1. The second-order valence-corrected chi connectivity index (χ2v) is 4.75. The lowest BCUT2D eigenvalue weighted by atomic mass is 10.1. The van der Waals surface area contributed by atoms with Gasteiger partial charge in [0.05, 0.1) is 12.7 Å². The third-order valence-corrected chi connectivity index (χ3v) is 3.22. The number of rotatable bonds is 5. The summed E-state index contributed by atoms with van der Waals surface area (Å²) in [5.41, 5.74) is 1.98. The first-order valence-corrected chi connectivity index (χ1v) is 6.67. The van der Waals surface area contributed by atoms with E-state index in [4.69, 9.17) is 9.47 Å². The van der Waals surface area contributed by atoms with Crippen LogP contribution in [0.3, 0.4) is 0 Å². The molecule has 0 saturated heterocycles. The Balaban J connectivity index is 2.20. The zero-order valence-corrected chi connectivity index (χ0v) is 12.1. The number of carboxylic acid groups (broad SMARTS) is 1.